The fourth-order valence-electron chi connectivity index (χ4n) is 6.68. The van der Waals surface area contributed by atoms with Gasteiger partial charge in [-0.05, 0) is 79.9 Å². The molecule has 7 nitrogen and oxygen atoms in total. The minimum atomic E-state index is -0.274. The monoisotopic (exact) mass is 642 g/mol. The predicted molar refractivity (Wildman–Crippen MR) is 184 cm³/mol. The number of hydrogen-bond acceptors (Lipinski definition) is 6. The Kier molecular flexibility index (Phi) is 10.6. The molecule has 0 bridgehead atoms. The van der Waals surface area contributed by atoms with Crippen LogP contribution in [-0.2, 0) is 11.3 Å². The van der Waals surface area contributed by atoms with Gasteiger partial charge in [-0.1, -0.05) is 43.2 Å². The van der Waals surface area contributed by atoms with E-state index >= 15 is 0 Å². The van der Waals surface area contributed by atoms with Crippen LogP contribution in [0.1, 0.15) is 53.6 Å². The van der Waals surface area contributed by atoms with E-state index in [-0.39, 0.29) is 30.2 Å². The fraction of sp³-hybridized carbons (Fsp3) is 0.405. The highest BCUT2D eigenvalue weighted by molar-refractivity contribution is 8.04. The minimum absolute atomic E-state index is 0.0413. The first-order valence-electron chi connectivity index (χ1n) is 16.4. The number of amides is 2. The van der Waals surface area contributed by atoms with Crippen LogP contribution in [-0.4, -0.2) is 79.3 Å². The van der Waals surface area contributed by atoms with Crippen molar-refractivity contribution in [3.05, 3.63) is 100 Å². The zero-order valence-corrected chi connectivity index (χ0v) is 27.3. The maximum atomic E-state index is 14.5. The number of thioether (sulfide) groups is 1. The molecule has 2 saturated heterocycles. The van der Waals surface area contributed by atoms with Gasteiger partial charge in [0.1, 0.15) is 11.6 Å². The van der Waals surface area contributed by atoms with Crippen LogP contribution < -0.4 is 15.0 Å². The maximum Gasteiger partial charge on any atom is 0.260 e. The number of halogens is 1. The molecular weight excluding hydrogens is 599 g/mol. The molecule has 1 aliphatic carbocycles. The number of carbonyl (C=O) groups is 2. The van der Waals surface area contributed by atoms with E-state index in [2.05, 4.69) is 27.2 Å². The molecule has 3 aromatic rings. The lowest BCUT2D eigenvalue weighted by Crippen LogP contribution is -2.50. The summed E-state index contributed by atoms with van der Waals surface area (Å²) in [4.78, 5) is 33.9. The summed E-state index contributed by atoms with van der Waals surface area (Å²) >= 11 is 1.66. The Morgan fingerprint density at radius 3 is 2.46 bits per heavy atom. The number of anilines is 1. The van der Waals surface area contributed by atoms with Crippen molar-refractivity contribution in [2.45, 2.75) is 49.9 Å². The van der Waals surface area contributed by atoms with E-state index in [1.165, 1.54) is 11.8 Å². The molecule has 6 rings (SSSR count). The summed E-state index contributed by atoms with van der Waals surface area (Å²) in [5, 5.41) is 3.37. The summed E-state index contributed by atoms with van der Waals surface area (Å²) < 4.78 is 19.8. The van der Waals surface area contributed by atoms with Gasteiger partial charge in [-0.15, -0.1) is 11.8 Å². The molecule has 0 spiro atoms. The molecule has 2 unspecified atom stereocenters. The van der Waals surface area contributed by atoms with Crippen LogP contribution >= 0.6 is 11.8 Å². The van der Waals surface area contributed by atoms with E-state index in [0.29, 0.717) is 27.8 Å². The molecule has 0 aromatic heterocycles. The molecule has 3 fully saturated rings. The summed E-state index contributed by atoms with van der Waals surface area (Å²) in [5.74, 6) is 0.466. The van der Waals surface area contributed by atoms with E-state index in [1.54, 1.807) is 31.0 Å². The summed E-state index contributed by atoms with van der Waals surface area (Å²) in [6.07, 6.45) is 7.05. The number of nitrogens with one attached hydrogen (secondary N) is 1. The molecule has 2 atom stereocenters. The third kappa shape index (κ3) is 7.76. The van der Waals surface area contributed by atoms with Crippen molar-refractivity contribution in [3.63, 3.8) is 0 Å². The highest BCUT2D eigenvalue weighted by Gasteiger charge is 2.40. The van der Waals surface area contributed by atoms with Gasteiger partial charge in [-0.25, -0.2) is 4.39 Å². The molecule has 46 heavy (non-hydrogen) atoms. The molecule has 3 aliphatic rings. The number of fused-ring (bicyclic) bond motifs is 1. The molecule has 242 valence electrons. The maximum absolute atomic E-state index is 14.5. The van der Waals surface area contributed by atoms with Gasteiger partial charge in [-0.2, -0.15) is 0 Å². The summed E-state index contributed by atoms with van der Waals surface area (Å²) in [7, 11) is 1.68. The zero-order chi connectivity index (χ0) is 31.9. The van der Waals surface area contributed by atoms with Crippen molar-refractivity contribution in [1.82, 2.24) is 15.1 Å². The van der Waals surface area contributed by atoms with Gasteiger partial charge >= 0.3 is 0 Å². The van der Waals surface area contributed by atoms with Crippen LogP contribution in [0.4, 0.5) is 10.1 Å². The highest BCUT2D eigenvalue weighted by Crippen LogP contribution is 2.43. The van der Waals surface area contributed by atoms with E-state index in [0.717, 1.165) is 76.1 Å². The zero-order valence-electron chi connectivity index (χ0n) is 26.5. The lowest BCUT2D eigenvalue weighted by Gasteiger charge is -2.44. The van der Waals surface area contributed by atoms with Crippen molar-refractivity contribution in [2.24, 2.45) is 0 Å². The molecule has 1 saturated carbocycles. The molecule has 1 N–H and O–H groups in total. The Balaban J connectivity index is 0.985. The summed E-state index contributed by atoms with van der Waals surface area (Å²) in [6, 6.07) is 22.5. The molecule has 2 aliphatic heterocycles. The van der Waals surface area contributed by atoms with Crippen LogP contribution in [0.2, 0.25) is 0 Å². The fourth-order valence-corrected chi connectivity index (χ4v) is 8.16. The van der Waals surface area contributed by atoms with E-state index in [9.17, 15) is 14.0 Å². The minimum Gasteiger partial charge on any atom is -0.497 e. The van der Waals surface area contributed by atoms with Crippen molar-refractivity contribution in [3.8, 4) is 5.75 Å². The number of nitrogens with zero attached hydrogens (tertiary/aromatic N) is 3. The number of rotatable bonds is 10. The predicted octanol–water partition coefficient (Wildman–Crippen LogP) is 6.20. The van der Waals surface area contributed by atoms with Gasteiger partial charge in [-0.3, -0.25) is 14.5 Å². The number of ether oxygens (including phenoxy) is 1. The molecule has 9 heteroatoms. The van der Waals surface area contributed by atoms with Crippen molar-refractivity contribution >= 4 is 35.3 Å². The lowest BCUT2D eigenvalue weighted by molar-refractivity contribution is -0.130. The Bertz CT molecular complexity index is 1520. The normalized spacial score (nSPS) is 21.3. The Labute approximate surface area is 275 Å². The summed E-state index contributed by atoms with van der Waals surface area (Å²) in [5.41, 5.74) is 3.25. The second kappa shape index (κ2) is 15.2. The topological polar surface area (TPSA) is 65.1 Å². The average Bonchev–Trinajstić information content (AvgIpc) is 3.10. The summed E-state index contributed by atoms with van der Waals surface area (Å²) in [6.45, 7) is 5.82. The van der Waals surface area contributed by atoms with E-state index < -0.39 is 0 Å². The largest absolute Gasteiger partial charge is 0.497 e. The number of piperazine rings is 1. The van der Waals surface area contributed by atoms with Gasteiger partial charge in [0.25, 0.3) is 11.8 Å². The van der Waals surface area contributed by atoms with Gasteiger partial charge in [0, 0.05) is 67.4 Å². The molecule has 0 radical (unpaired) electrons. The molecule has 2 amide bonds. The van der Waals surface area contributed by atoms with Crippen LogP contribution in [0.3, 0.4) is 0 Å². The Hall–Kier alpha value is -3.82. The third-order valence-electron chi connectivity index (χ3n) is 9.33. The van der Waals surface area contributed by atoms with Crippen LogP contribution in [0.15, 0.2) is 77.7 Å². The molecule has 3 aromatic carbocycles. The highest BCUT2D eigenvalue weighted by atomic mass is 32.2. The molecule has 2 heterocycles. The second-order valence-electron chi connectivity index (χ2n) is 12.3. The van der Waals surface area contributed by atoms with Gasteiger partial charge < -0.3 is 19.9 Å². The number of benzene rings is 3. The average molecular weight is 643 g/mol. The first-order chi connectivity index (χ1) is 22.5. The third-order valence-corrected chi connectivity index (χ3v) is 10.7. The molecular formula is C37H43FN4O3S. The van der Waals surface area contributed by atoms with Crippen LogP contribution in [0.5, 0.6) is 5.75 Å². The van der Waals surface area contributed by atoms with E-state index in [4.69, 9.17) is 4.74 Å². The first kappa shape index (κ1) is 32.1. The first-order valence-corrected chi connectivity index (χ1v) is 17.3. The smallest absolute Gasteiger partial charge is 0.260 e. The van der Waals surface area contributed by atoms with Crippen molar-refractivity contribution in [2.75, 3.05) is 51.3 Å². The van der Waals surface area contributed by atoms with Gasteiger partial charge in [0.05, 0.1) is 12.0 Å². The van der Waals surface area contributed by atoms with Crippen molar-refractivity contribution in [1.29, 1.82) is 0 Å². The van der Waals surface area contributed by atoms with Gasteiger partial charge in [0.15, 0.2) is 0 Å². The quantitative estimate of drug-likeness (QED) is 0.210. The van der Waals surface area contributed by atoms with Gasteiger partial charge in [0.2, 0.25) is 0 Å². The Morgan fingerprint density at radius 1 is 0.978 bits per heavy atom. The van der Waals surface area contributed by atoms with E-state index in [1.807, 2.05) is 53.4 Å². The lowest BCUT2D eigenvalue weighted by atomic mass is 9.92. The van der Waals surface area contributed by atoms with Crippen molar-refractivity contribution < 1.29 is 18.7 Å². The number of hydrogen-bond donors (Lipinski definition) is 1. The standard InChI is InChI=1S/C37H43FN4O3S/c1-45-31-17-15-30(16-18-31)41-23-21-40(22-24-41)20-6-19-39-36(43)28-13-11-27(12-14-28)25-35-37(44)42(26-29-7-2-3-8-32(29)38)33-9-4-5-10-34(33)46-35/h2-3,7-8,11-18,25,33-34H,4-6,9-10,19-24,26H2,1H3,(H,39,43)/b35-25+. The Morgan fingerprint density at radius 2 is 1.72 bits per heavy atom. The van der Waals surface area contributed by atoms with Crippen LogP contribution in [0.25, 0.3) is 6.08 Å². The number of carbonyl (C=O) groups excluding carboxylic acids is 2. The SMILES string of the molecule is COc1ccc(N2CCN(CCCNC(=O)c3ccc(/C=C4/SC5CCCCC5N(Cc5ccccc5F)C4=O)cc3)CC2)cc1. The van der Waals surface area contributed by atoms with Crippen LogP contribution in [0, 0.1) is 5.82 Å². The number of methoxy groups -OCH3 is 1. The second-order valence-corrected chi connectivity index (χ2v) is 13.6.